The molecule has 0 aromatic carbocycles. The minimum Gasteiger partial charge on any atom is -0.212 e. The van der Waals surface area contributed by atoms with Crippen LogP contribution in [0.25, 0.3) is 0 Å². The minimum absolute atomic E-state index is 0.789. The van der Waals surface area contributed by atoms with Crippen LogP contribution in [-0.2, 0) is 0 Å². The molecule has 23 heavy (non-hydrogen) atoms. The van der Waals surface area contributed by atoms with Crippen molar-refractivity contribution in [1.29, 1.82) is 0 Å². The van der Waals surface area contributed by atoms with Gasteiger partial charge in [0.05, 0.1) is 0 Å². The molecule has 0 amide bonds. The summed E-state index contributed by atoms with van der Waals surface area (Å²) in [5, 5.41) is 1.58. The summed E-state index contributed by atoms with van der Waals surface area (Å²) in [6.45, 7) is 17.1. The summed E-state index contributed by atoms with van der Waals surface area (Å²) in [6, 6.07) is 0. The highest BCUT2D eigenvalue weighted by molar-refractivity contribution is 8.23. The van der Waals surface area contributed by atoms with Gasteiger partial charge in [-0.15, -0.1) is 0 Å². The van der Waals surface area contributed by atoms with E-state index in [9.17, 15) is 0 Å². The highest BCUT2D eigenvalue weighted by Gasteiger charge is 2.23. The molecule has 0 bridgehead atoms. The standard InChI is InChI=1S/C19H40B2S2/c1-14(2)17-9-7-11-18(20-22-15(3)4)13-19(12-8-10-17)21-23-16(5)6/h14-21H,7-13H2,1-6H3. The Labute approximate surface area is 156 Å². The predicted octanol–water partition coefficient (Wildman–Crippen LogP) is 6.57. The van der Waals surface area contributed by atoms with Crippen molar-refractivity contribution >= 4 is 36.3 Å². The lowest BCUT2D eigenvalue weighted by Gasteiger charge is -2.28. The summed E-state index contributed by atoms with van der Waals surface area (Å²) >= 11 is 4.39. The van der Waals surface area contributed by atoms with Crippen molar-refractivity contribution in [3.8, 4) is 0 Å². The predicted molar refractivity (Wildman–Crippen MR) is 118 cm³/mol. The number of hydrogen-bond donors (Lipinski definition) is 0. The van der Waals surface area contributed by atoms with Crippen LogP contribution in [0.3, 0.4) is 0 Å². The van der Waals surface area contributed by atoms with Gasteiger partial charge in [0.2, 0.25) is 0 Å². The molecule has 0 aromatic heterocycles. The fourth-order valence-electron chi connectivity index (χ4n) is 3.82. The maximum absolute atomic E-state index is 2.44. The van der Waals surface area contributed by atoms with E-state index in [1.165, 1.54) is 58.1 Å². The minimum atomic E-state index is 0.789. The average Bonchev–Trinajstić information content (AvgIpc) is 2.47. The summed E-state index contributed by atoms with van der Waals surface area (Å²) in [5.41, 5.74) is 0. The SMILES string of the molecule is CC(C)SBC1CCCC(C(C)C)CCCC(BSC(C)C)C1. The van der Waals surface area contributed by atoms with E-state index in [-0.39, 0.29) is 0 Å². The van der Waals surface area contributed by atoms with E-state index < -0.39 is 0 Å². The average molecular weight is 354 g/mol. The van der Waals surface area contributed by atoms with Gasteiger partial charge in [-0.1, -0.05) is 98.1 Å². The topological polar surface area (TPSA) is 0 Å². The first-order valence-electron chi connectivity index (χ1n) is 10.1. The Morgan fingerprint density at radius 2 is 1.13 bits per heavy atom. The summed E-state index contributed by atoms with van der Waals surface area (Å²) in [4.78, 5) is 0. The molecular weight excluding hydrogens is 314 g/mol. The maximum atomic E-state index is 2.44. The number of hydrogen-bond acceptors (Lipinski definition) is 2. The number of rotatable bonds is 7. The van der Waals surface area contributed by atoms with E-state index in [1.54, 1.807) is 0 Å². The zero-order valence-corrected chi connectivity index (χ0v) is 18.3. The smallest absolute Gasteiger partial charge is 0.195 e. The van der Waals surface area contributed by atoms with Gasteiger partial charge in [0.15, 0.2) is 13.1 Å². The summed E-state index contributed by atoms with van der Waals surface area (Å²) in [7, 11) is 0. The van der Waals surface area contributed by atoms with Gasteiger partial charge in [-0.3, -0.25) is 0 Å². The third-order valence-corrected chi connectivity index (χ3v) is 7.98. The van der Waals surface area contributed by atoms with E-state index in [4.69, 9.17) is 0 Å². The molecule has 0 aliphatic heterocycles. The van der Waals surface area contributed by atoms with E-state index in [0.717, 1.165) is 34.0 Å². The maximum Gasteiger partial charge on any atom is 0.195 e. The van der Waals surface area contributed by atoms with Crippen LogP contribution >= 0.6 is 23.2 Å². The van der Waals surface area contributed by atoms with Crippen molar-refractivity contribution in [2.75, 3.05) is 0 Å². The third-order valence-electron chi connectivity index (χ3n) is 5.31. The lowest BCUT2D eigenvalue weighted by atomic mass is 9.66. The Balaban J connectivity index is 2.61. The van der Waals surface area contributed by atoms with E-state index >= 15 is 0 Å². The molecule has 0 nitrogen and oxygen atoms in total. The molecule has 2 unspecified atom stereocenters. The molecule has 0 N–H and O–H groups in total. The second-order valence-corrected chi connectivity index (χ2v) is 11.8. The first-order valence-corrected chi connectivity index (χ1v) is 12.2. The Morgan fingerprint density at radius 3 is 1.48 bits per heavy atom. The summed E-state index contributed by atoms with van der Waals surface area (Å²) in [5.74, 6) is 3.78. The van der Waals surface area contributed by atoms with Crippen molar-refractivity contribution in [3.05, 3.63) is 0 Å². The Kier molecular flexibility index (Phi) is 11.6. The van der Waals surface area contributed by atoms with Crippen LogP contribution in [-0.4, -0.2) is 23.6 Å². The second kappa shape index (κ2) is 12.2. The van der Waals surface area contributed by atoms with Crippen LogP contribution in [0, 0.1) is 11.8 Å². The van der Waals surface area contributed by atoms with Crippen LogP contribution < -0.4 is 0 Å². The van der Waals surface area contributed by atoms with Crippen molar-refractivity contribution in [2.24, 2.45) is 11.8 Å². The molecule has 134 valence electrons. The molecule has 2 atom stereocenters. The summed E-state index contributed by atoms with van der Waals surface area (Å²) < 4.78 is 0. The first kappa shape index (κ1) is 21.9. The normalized spacial score (nSPS) is 27.4. The molecule has 1 rings (SSSR count). The highest BCUT2D eigenvalue weighted by atomic mass is 32.2. The lowest BCUT2D eigenvalue weighted by Crippen LogP contribution is -2.16. The highest BCUT2D eigenvalue weighted by Crippen LogP contribution is 2.38. The van der Waals surface area contributed by atoms with Gasteiger partial charge in [0, 0.05) is 0 Å². The van der Waals surface area contributed by atoms with Gasteiger partial charge < -0.3 is 0 Å². The van der Waals surface area contributed by atoms with Crippen LogP contribution in [0.5, 0.6) is 0 Å². The molecular formula is C19H40B2S2. The zero-order valence-electron chi connectivity index (χ0n) is 16.6. The largest absolute Gasteiger partial charge is 0.212 e. The van der Waals surface area contributed by atoms with Crippen LogP contribution in [0.15, 0.2) is 0 Å². The van der Waals surface area contributed by atoms with Gasteiger partial charge in [0.1, 0.15) is 0 Å². The summed E-state index contributed by atoms with van der Waals surface area (Å²) in [6.07, 6.45) is 10.3. The fourth-order valence-corrected chi connectivity index (χ4v) is 5.73. The van der Waals surface area contributed by atoms with Gasteiger partial charge >= 0.3 is 0 Å². The second-order valence-electron chi connectivity index (χ2n) is 8.60. The van der Waals surface area contributed by atoms with Crippen molar-refractivity contribution in [3.63, 3.8) is 0 Å². The molecule has 4 heteroatoms. The first-order chi connectivity index (χ1) is 10.9. The van der Waals surface area contributed by atoms with Gasteiger partial charge in [-0.25, -0.2) is 23.2 Å². The molecule has 0 saturated heterocycles. The molecule has 1 aliphatic carbocycles. The molecule has 0 radical (unpaired) electrons. The van der Waals surface area contributed by atoms with Crippen LogP contribution in [0.1, 0.15) is 86.5 Å². The molecule has 0 aromatic rings. The molecule has 0 heterocycles. The fraction of sp³-hybridized carbons (Fsp3) is 1.00. The van der Waals surface area contributed by atoms with Crippen LogP contribution in [0.4, 0.5) is 0 Å². The van der Waals surface area contributed by atoms with E-state index in [1.807, 2.05) is 0 Å². The van der Waals surface area contributed by atoms with E-state index in [2.05, 4.69) is 64.8 Å². The zero-order chi connectivity index (χ0) is 17.2. The molecule has 1 fully saturated rings. The Hall–Kier alpha value is 0.830. The quantitative estimate of drug-likeness (QED) is 0.475. The monoisotopic (exact) mass is 354 g/mol. The van der Waals surface area contributed by atoms with Gasteiger partial charge in [-0.05, 0) is 22.3 Å². The molecule has 0 spiro atoms. The lowest BCUT2D eigenvalue weighted by molar-refractivity contribution is 0.306. The molecule has 1 saturated carbocycles. The molecule has 1 aliphatic rings. The Bertz CT molecular complexity index is 271. The third kappa shape index (κ3) is 10.4. The van der Waals surface area contributed by atoms with Gasteiger partial charge in [0.25, 0.3) is 0 Å². The van der Waals surface area contributed by atoms with Crippen molar-refractivity contribution in [1.82, 2.24) is 0 Å². The van der Waals surface area contributed by atoms with Gasteiger partial charge in [-0.2, -0.15) is 0 Å². The van der Waals surface area contributed by atoms with Crippen molar-refractivity contribution in [2.45, 2.75) is 109 Å². The van der Waals surface area contributed by atoms with E-state index in [0.29, 0.717) is 0 Å². The van der Waals surface area contributed by atoms with Crippen LogP contribution in [0.2, 0.25) is 11.6 Å². The Morgan fingerprint density at radius 1 is 0.696 bits per heavy atom. The van der Waals surface area contributed by atoms with Crippen molar-refractivity contribution < 1.29 is 0 Å².